The molecule has 2 heterocycles. The molecule has 2 aromatic rings. The molecular formula is C22H30Cl2N2O3. The number of para-hydroxylation sites is 2. The molecule has 1 saturated heterocycles. The Morgan fingerprint density at radius 1 is 0.966 bits per heavy atom. The Bertz CT molecular complexity index is 737. The fourth-order valence-electron chi connectivity index (χ4n) is 3.80. The number of rotatable bonds is 6. The van der Waals surface area contributed by atoms with E-state index in [-0.39, 0.29) is 30.9 Å². The Balaban J connectivity index is 0.00000150. The van der Waals surface area contributed by atoms with Crippen LogP contribution in [0.3, 0.4) is 0 Å². The summed E-state index contributed by atoms with van der Waals surface area (Å²) in [6.45, 7) is 4.69. The fourth-order valence-corrected chi connectivity index (χ4v) is 3.80. The number of fused-ring (bicyclic) bond motifs is 1. The van der Waals surface area contributed by atoms with Crippen LogP contribution in [0.25, 0.3) is 0 Å². The molecule has 160 valence electrons. The predicted octanol–water partition coefficient (Wildman–Crippen LogP) is 4.18. The van der Waals surface area contributed by atoms with Gasteiger partial charge in [-0.25, -0.2) is 0 Å². The van der Waals surface area contributed by atoms with E-state index in [0.717, 1.165) is 49.3 Å². The van der Waals surface area contributed by atoms with Gasteiger partial charge in [0.25, 0.3) is 0 Å². The van der Waals surface area contributed by atoms with Crippen molar-refractivity contribution in [3.05, 3.63) is 48.5 Å². The van der Waals surface area contributed by atoms with E-state index in [4.69, 9.17) is 14.2 Å². The van der Waals surface area contributed by atoms with Gasteiger partial charge < -0.3 is 24.4 Å². The lowest BCUT2D eigenvalue weighted by atomic mass is 9.96. The number of hydrogen-bond acceptors (Lipinski definition) is 5. The summed E-state index contributed by atoms with van der Waals surface area (Å²) in [7, 11) is 1.71. The Labute approximate surface area is 185 Å². The van der Waals surface area contributed by atoms with E-state index in [2.05, 4.69) is 22.3 Å². The van der Waals surface area contributed by atoms with Crippen LogP contribution in [0.15, 0.2) is 48.5 Å². The molecule has 5 nitrogen and oxygen atoms in total. The quantitative estimate of drug-likeness (QED) is 0.729. The third-order valence-electron chi connectivity index (χ3n) is 5.42. The zero-order valence-corrected chi connectivity index (χ0v) is 18.3. The van der Waals surface area contributed by atoms with Crippen LogP contribution in [-0.2, 0) is 0 Å². The van der Waals surface area contributed by atoms with Gasteiger partial charge in [-0.2, -0.15) is 0 Å². The lowest BCUT2D eigenvalue weighted by Gasteiger charge is -2.34. The Morgan fingerprint density at radius 3 is 2.34 bits per heavy atom. The van der Waals surface area contributed by atoms with Gasteiger partial charge in [-0.05, 0) is 61.7 Å². The maximum absolute atomic E-state index is 6.01. The van der Waals surface area contributed by atoms with E-state index in [1.165, 1.54) is 18.5 Å². The maximum Gasteiger partial charge on any atom is 0.161 e. The summed E-state index contributed by atoms with van der Waals surface area (Å²) in [6, 6.07) is 16.2. The molecule has 29 heavy (non-hydrogen) atoms. The summed E-state index contributed by atoms with van der Waals surface area (Å²) in [4.78, 5) is 2.46. The summed E-state index contributed by atoms with van der Waals surface area (Å²) in [6.07, 6.45) is 2.51. The van der Waals surface area contributed by atoms with Crippen LogP contribution in [-0.4, -0.2) is 46.0 Å². The average molecular weight is 441 g/mol. The van der Waals surface area contributed by atoms with Crippen molar-refractivity contribution < 1.29 is 14.2 Å². The molecule has 1 N–H and O–H groups in total. The van der Waals surface area contributed by atoms with Gasteiger partial charge in [0.15, 0.2) is 11.5 Å². The largest absolute Gasteiger partial charge is 0.497 e. The molecule has 0 amide bonds. The number of ether oxygens (including phenoxy) is 3. The van der Waals surface area contributed by atoms with E-state index in [1.807, 2.05) is 36.4 Å². The van der Waals surface area contributed by atoms with E-state index >= 15 is 0 Å². The SMILES string of the molecule is COc1ccc(N2CCC(CNCC3COc4ccccc4O3)CC2)cc1.Cl.Cl. The Hall–Kier alpha value is -1.82. The molecule has 0 spiro atoms. The highest BCUT2D eigenvalue weighted by Gasteiger charge is 2.22. The van der Waals surface area contributed by atoms with Crippen molar-refractivity contribution in [1.82, 2.24) is 5.32 Å². The second kappa shape index (κ2) is 11.4. The van der Waals surface area contributed by atoms with E-state index in [1.54, 1.807) is 7.11 Å². The number of methoxy groups -OCH3 is 1. The summed E-state index contributed by atoms with van der Waals surface area (Å²) >= 11 is 0. The van der Waals surface area contributed by atoms with E-state index < -0.39 is 0 Å². The fraction of sp³-hybridized carbons (Fsp3) is 0.455. The normalized spacial score (nSPS) is 18.4. The third kappa shape index (κ3) is 6.08. The van der Waals surface area contributed by atoms with Crippen LogP contribution in [0.4, 0.5) is 5.69 Å². The van der Waals surface area contributed by atoms with Gasteiger partial charge in [0, 0.05) is 25.3 Å². The second-order valence-electron chi connectivity index (χ2n) is 7.28. The van der Waals surface area contributed by atoms with Gasteiger partial charge in [0.05, 0.1) is 7.11 Å². The number of piperidine rings is 1. The lowest BCUT2D eigenvalue weighted by molar-refractivity contribution is 0.0894. The minimum atomic E-state index is 0. The highest BCUT2D eigenvalue weighted by molar-refractivity contribution is 5.85. The standard InChI is InChI=1S/C22H28N2O3.2ClH/c1-25-19-8-6-18(7-9-19)24-12-10-17(11-13-24)14-23-15-20-16-26-21-4-2-3-5-22(21)27-20;;/h2-9,17,20,23H,10-16H2,1H3;2*1H. The van der Waals surface area contributed by atoms with Crippen LogP contribution in [0.2, 0.25) is 0 Å². The van der Waals surface area contributed by atoms with Crippen molar-refractivity contribution in [3.63, 3.8) is 0 Å². The van der Waals surface area contributed by atoms with E-state index in [9.17, 15) is 0 Å². The molecule has 0 aromatic heterocycles. The van der Waals surface area contributed by atoms with Crippen molar-refractivity contribution in [3.8, 4) is 17.2 Å². The summed E-state index contributed by atoms with van der Waals surface area (Å²) in [5.41, 5.74) is 1.29. The Morgan fingerprint density at radius 2 is 1.66 bits per heavy atom. The highest BCUT2D eigenvalue weighted by atomic mass is 35.5. The zero-order chi connectivity index (χ0) is 18.5. The molecular weight excluding hydrogens is 411 g/mol. The first-order chi connectivity index (χ1) is 13.3. The monoisotopic (exact) mass is 440 g/mol. The molecule has 7 heteroatoms. The molecule has 4 rings (SSSR count). The first kappa shape index (κ1) is 23.5. The zero-order valence-electron chi connectivity index (χ0n) is 16.7. The van der Waals surface area contributed by atoms with Gasteiger partial charge in [0.2, 0.25) is 0 Å². The minimum Gasteiger partial charge on any atom is -0.497 e. The van der Waals surface area contributed by atoms with Gasteiger partial charge in [-0.3, -0.25) is 0 Å². The van der Waals surface area contributed by atoms with Crippen LogP contribution >= 0.6 is 24.8 Å². The van der Waals surface area contributed by atoms with Crippen LogP contribution < -0.4 is 24.4 Å². The summed E-state index contributed by atoms with van der Waals surface area (Å²) in [5, 5.41) is 3.59. The lowest BCUT2D eigenvalue weighted by Crippen LogP contribution is -2.42. The van der Waals surface area contributed by atoms with Crippen LogP contribution in [0.5, 0.6) is 17.2 Å². The maximum atomic E-state index is 6.01. The first-order valence-corrected chi connectivity index (χ1v) is 9.80. The molecule has 2 aliphatic rings. The van der Waals surface area contributed by atoms with Crippen molar-refractivity contribution in [2.45, 2.75) is 18.9 Å². The molecule has 0 aliphatic carbocycles. The topological polar surface area (TPSA) is 43.0 Å². The summed E-state index contributed by atoms with van der Waals surface area (Å²) in [5.74, 6) is 3.33. The molecule has 0 radical (unpaired) electrons. The van der Waals surface area contributed by atoms with E-state index in [0.29, 0.717) is 6.61 Å². The van der Waals surface area contributed by atoms with Gasteiger partial charge >= 0.3 is 0 Å². The van der Waals surface area contributed by atoms with Crippen molar-refractivity contribution >= 4 is 30.5 Å². The predicted molar refractivity (Wildman–Crippen MR) is 122 cm³/mol. The number of nitrogens with zero attached hydrogens (tertiary/aromatic N) is 1. The minimum absolute atomic E-state index is 0. The van der Waals surface area contributed by atoms with Gasteiger partial charge in [0.1, 0.15) is 18.5 Å². The van der Waals surface area contributed by atoms with Crippen molar-refractivity contribution in [2.24, 2.45) is 5.92 Å². The Kier molecular flexibility index (Phi) is 9.21. The molecule has 1 atom stereocenters. The molecule has 0 bridgehead atoms. The smallest absolute Gasteiger partial charge is 0.161 e. The molecule has 1 fully saturated rings. The molecule has 2 aromatic carbocycles. The third-order valence-corrected chi connectivity index (χ3v) is 5.42. The van der Waals surface area contributed by atoms with Crippen LogP contribution in [0, 0.1) is 5.92 Å². The number of nitrogens with one attached hydrogen (secondary N) is 1. The molecule has 2 aliphatic heterocycles. The van der Waals surface area contributed by atoms with Crippen LogP contribution in [0.1, 0.15) is 12.8 Å². The van der Waals surface area contributed by atoms with Gasteiger partial charge in [-0.15, -0.1) is 24.8 Å². The average Bonchev–Trinajstić information content (AvgIpc) is 2.74. The van der Waals surface area contributed by atoms with Gasteiger partial charge in [-0.1, -0.05) is 12.1 Å². The number of hydrogen-bond donors (Lipinski definition) is 1. The van der Waals surface area contributed by atoms with Crippen molar-refractivity contribution in [2.75, 3.05) is 44.8 Å². The molecule has 0 saturated carbocycles. The second-order valence-corrected chi connectivity index (χ2v) is 7.28. The molecule has 1 unspecified atom stereocenters. The summed E-state index contributed by atoms with van der Waals surface area (Å²) < 4.78 is 17.0. The first-order valence-electron chi connectivity index (χ1n) is 9.80. The number of halogens is 2. The van der Waals surface area contributed by atoms with Crippen molar-refractivity contribution in [1.29, 1.82) is 0 Å². The number of benzene rings is 2. The number of anilines is 1. The highest BCUT2D eigenvalue weighted by Crippen LogP contribution is 2.30.